The van der Waals surface area contributed by atoms with E-state index in [0.717, 1.165) is 10.5 Å². The van der Waals surface area contributed by atoms with Gasteiger partial charge in [0, 0.05) is 10.6 Å². The van der Waals surface area contributed by atoms with Crippen LogP contribution in [0.25, 0.3) is 0 Å². The Hall–Kier alpha value is -2.97. The maximum absolute atomic E-state index is 12.6. The lowest BCUT2D eigenvalue weighted by molar-refractivity contribution is -0.123. The molecular formula is C24H26N2O4S2. The Kier molecular flexibility index (Phi) is 7.82. The second-order valence-electron chi connectivity index (χ2n) is 7.25. The number of nitrogens with one attached hydrogen (secondary N) is 2. The number of anilines is 1. The van der Waals surface area contributed by atoms with Gasteiger partial charge < -0.3 is 10.1 Å². The van der Waals surface area contributed by atoms with E-state index in [-0.39, 0.29) is 23.5 Å². The van der Waals surface area contributed by atoms with Crippen molar-refractivity contribution in [3.05, 3.63) is 83.9 Å². The fourth-order valence-electron chi connectivity index (χ4n) is 3.07. The highest BCUT2D eigenvalue weighted by atomic mass is 32.2. The lowest BCUT2D eigenvalue weighted by atomic mass is 10.1. The quantitative estimate of drug-likeness (QED) is 0.440. The van der Waals surface area contributed by atoms with Crippen molar-refractivity contribution in [3.8, 4) is 5.75 Å². The SMILES string of the molecule is CSc1ccc(C(C)NC(=O)COc2ccc(S(=O)(=O)Nc3ccccc3)cc2C)cc1. The van der Waals surface area contributed by atoms with Gasteiger partial charge in [-0.25, -0.2) is 8.42 Å². The summed E-state index contributed by atoms with van der Waals surface area (Å²) in [7, 11) is -3.72. The molecule has 0 fully saturated rings. The molecule has 0 saturated heterocycles. The van der Waals surface area contributed by atoms with Crippen molar-refractivity contribution >= 4 is 33.4 Å². The summed E-state index contributed by atoms with van der Waals surface area (Å²) in [6.45, 7) is 3.49. The van der Waals surface area contributed by atoms with Crippen LogP contribution >= 0.6 is 11.8 Å². The number of carbonyl (C=O) groups is 1. The van der Waals surface area contributed by atoms with E-state index in [1.54, 1.807) is 49.0 Å². The first-order valence-corrected chi connectivity index (χ1v) is 12.7. The van der Waals surface area contributed by atoms with Gasteiger partial charge in [0.05, 0.1) is 10.9 Å². The Morgan fingerprint density at radius 1 is 1.03 bits per heavy atom. The van der Waals surface area contributed by atoms with Crippen LogP contribution in [0.1, 0.15) is 24.1 Å². The average Bonchev–Trinajstić information content (AvgIpc) is 2.78. The van der Waals surface area contributed by atoms with Crippen LogP contribution in [0.3, 0.4) is 0 Å². The molecule has 168 valence electrons. The van der Waals surface area contributed by atoms with Gasteiger partial charge in [0.2, 0.25) is 0 Å². The molecule has 32 heavy (non-hydrogen) atoms. The topological polar surface area (TPSA) is 84.5 Å². The van der Waals surface area contributed by atoms with Crippen LogP contribution in [-0.4, -0.2) is 27.2 Å². The minimum Gasteiger partial charge on any atom is -0.484 e. The summed E-state index contributed by atoms with van der Waals surface area (Å²) < 4.78 is 33.4. The number of sulfonamides is 1. The Balaban J connectivity index is 1.58. The van der Waals surface area contributed by atoms with Crippen LogP contribution in [0.15, 0.2) is 82.6 Å². The molecule has 3 rings (SSSR count). The first-order chi connectivity index (χ1) is 15.3. The molecule has 1 amide bonds. The minimum absolute atomic E-state index is 0.123. The van der Waals surface area contributed by atoms with Crippen molar-refractivity contribution in [2.45, 2.75) is 29.7 Å². The number of aryl methyl sites for hydroxylation is 1. The van der Waals surface area contributed by atoms with Crippen LogP contribution in [0.2, 0.25) is 0 Å². The van der Waals surface area contributed by atoms with E-state index in [1.165, 1.54) is 12.1 Å². The van der Waals surface area contributed by atoms with E-state index in [0.29, 0.717) is 17.0 Å². The summed E-state index contributed by atoms with van der Waals surface area (Å²) in [6, 6.07) is 21.1. The number of hydrogen-bond donors (Lipinski definition) is 2. The molecule has 0 heterocycles. The monoisotopic (exact) mass is 470 g/mol. The number of thioether (sulfide) groups is 1. The van der Waals surface area contributed by atoms with Crippen LogP contribution in [-0.2, 0) is 14.8 Å². The summed E-state index contributed by atoms with van der Waals surface area (Å²) in [5, 5.41) is 2.91. The van der Waals surface area contributed by atoms with Gasteiger partial charge in [0.1, 0.15) is 5.75 Å². The van der Waals surface area contributed by atoms with Gasteiger partial charge in [-0.3, -0.25) is 9.52 Å². The second kappa shape index (κ2) is 10.6. The van der Waals surface area contributed by atoms with Gasteiger partial charge in [-0.05, 0) is 73.7 Å². The smallest absolute Gasteiger partial charge is 0.261 e. The molecule has 0 spiro atoms. The number of hydrogen-bond acceptors (Lipinski definition) is 5. The first kappa shape index (κ1) is 23.7. The predicted octanol–water partition coefficient (Wildman–Crippen LogP) is 4.77. The third-order valence-electron chi connectivity index (χ3n) is 4.83. The van der Waals surface area contributed by atoms with Gasteiger partial charge in [-0.15, -0.1) is 11.8 Å². The maximum Gasteiger partial charge on any atom is 0.261 e. The van der Waals surface area contributed by atoms with Crippen LogP contribution in [0.4, 0.5) is 5.69 Å². The lowest BCUT2D eigenvalue weighted by Gasteiger charge is -2.16. The van der Waals surface area contributed by atoms with Crippen LogP contribution in [0, 0.1) is 6.92 Å². The molecule has 3 aromatic carbocycles. The maximum atomic E-state index is 12.6. The zero-order valence-corrected chi connectivity index (χ0v) is 19.8. The van der Waals surface area contributed by atoms with Crippen molar-refractivity contribution in [2.75, 3.05) is 17.6 Å². The normalized spacial score (nSPS) is 12.1. The largest absolute Gasteiger partial charge is 0.484 e. The first-order valence-electron chi connectivity index (χ1n) is 10.0. The van der Waals surface area contributed by atoms with Crippen molar-refractivity contribution in [2.24, 2.45) is 0 Å². The fraction of sp³-hybridized carbons (Fsp3) is 0.208. The fourth-order valence-corrected chi connectivity index (χ4v) is 4.63. The van der Waals surface area contributed by atoms with Crippen molar-refractivity contribution in [1.29, 1.82) is 0 Å². The molecule has 1 atom stereocenters. The number of carbonyl (C=O) groups excluding carboxylic acids is 1. The van der Waals surface area contributed by atoms with Gasteiger partial charge >= 0.3 is 0 Å². The summed E-state index contributed by atoms with van der Waals surface area (Å²) in [6.07, 6.45) is 2.02. The van der Waals surface area contributed by atoms with Crippen LogP contribution in [0.5, 0.6) is 5.75 Å². The van der Waals surface area contributed by atoms with E-state index < -0.39 is 10.0 Å². The molecule has 6 nitrogen and oxygen atoms in total. The van der Waals surface area contributed by atoms with Gasteiger partial charge in [0.15, 0.2) is 6.61 Å². The number of para-hydroxylation sites is 1. The number of benzene rings is 3. The van der Waals surface area contributed by atoms with E-state index in [9.17, 15) is 13.2 Å². The highest BCUT2D eigenvalue weighted by Crippen LogP contribution is 2.24. The molecule has 0 aliphatic carbocycles. The highest BCUT2D eigenvalue weighted by Gasteiger charge is 2.16. The second-order valence-corrected chi connectivity index (χ2v) is 9.81. The third-order valence-corrected chi connectivity index (χ3v) is 6.96. The Morgan fingerprint density at radius 3 is 2.34 bits per heavy atom. The summed E-state index contributed by atoms with van der Waals surface area (Å²) in [4.78, 5) is 13.6. The minimum atomic E-state index is -3.72. The molecule has 0 radical (unpaired) electrons. The highest BCUT2D eigenvalue weighted by molar-refractivity contribution is 7.98. The lowest BCUT2D eigenvalue weighted by Crippen LogP contribution is -2.31. The van der Waals surface area contributed by atoms with E-state index in [4.69, 9.17) is 4.74 Å². The van der Waals surface area contributed by atoms with Gasteiger partial charge in [-0.2, -0.15) is 0 Å². The molecule has 1 unspecified atom stereocenters. The van der Waals surface area contributed by atoms with Gasteiger partial charge in [-0.1, -0.05) is 30.3 Å². The molecule has 0 aromatic heterocycles. The van der Waals surface area contributed by atoms with E-state index in [1.807, 2.05) is 43.5 Å². The Morgan fingerprint density at radius 2 is 1.72 bits per heavy atom. The molecular weight excluding hydrogens is 444 g/mol. The number of rotatable bonds is 9. The molecule has 3 aromatic rings. The van der Waals surface area contributed by atoms with Crippen molar-refractivity contribution in [3.63, 3.8) is 0 Å². The number of amides is 1. The number of ether oxygens (including phenoxy) is 1. The summed E-state index contributed by atoms with van der Waals surface area (Å²) >= 11 is 1.66. The van der Waals surface area contributed by atoms with Crippen molar-refractivity contribution in [1.82, 2.24) is 5.32 Å². The molecule has 0 aliphatic rings. The molecule has 2 N–H and O–H groups in total. The molecule has 8 heteroatoms. The Labute approximate surface area is 193 Å². The third kappa shape index (κ3) is 6.27. The van der Waals surface area contributed by atoms with Gasteiger partial charge in [0.25, 0.3) is 15.9 Å². The molecule has 0 bridgehead atoms. The van der Waals surface area contributed by atoms with E-state index in [2.05, 4.69) is 10.0 Å². The summed E-state index contributed by atoms with van der Waals surface area (Å²) in [5.74, 6) is 0.198. The average molecular weight is 471 g/mol. The standard InChI is InChI=1S/C24H26N2O4S2/c1-17-15-22(32(28,29)26-20-7-5-4-6-8-20)13-14-23(17)30-16-24(27)25-18(2)19-9-11-21(31-3)12-10-19/h4-15,18,26H,16H2,1-3H3,(H,25,27). The zero-order valence-electron chi connectivity index (χ0n) is 18.2. The van der Waals surface area contributed by atoms with E-state index >= 15 is 0 Å². The van der Waals surface area contributed by atoms with Crippen molar-refractivity contribution < 1.29 is 17.9 Å². The zero-order chi connectivity index (χ0) is 23.1. The predicted molar refractivity (Wildman–Crippen MR) is 129 cm³/mol. The molecule has 0 aliphatic heterocycles. The van der Waals surface area contributed by atoms with Crippen LogP contribution < -0.4 is 14.8 Å². The Bertz CT molecular complexity index is 1160. The molecule has 0 saturated carbocycles. The summed E-state index contributed by atoms with van der Waals surface area (Å²) in [5.41, 5.74) is 2.11.